The van der Waals surface area contributed by atoms with E-state index in [4.69, 9.17) is 10.5 Å². The van der Waals surface area contributed by atoms with Crippen LogP contribution in [0.2, 0.25) is 0 Å². The van der Waals surface area contributed by atoms with Crippen LogP contribution in [0.5, 0.6) is 0 Å². The van der Waals surface area contributed by atoms with Gasteiger partial charge in [-0.05, 0) is 54.0 Å². The lowest BCUT2D eigenvalue weighted by atomic mass is 9.88. The van der Waals surface area contributed by atoms with Crippen LogP contribution < -0.4 is 0 Å². The molecular weight excluding hydrogens is 236 g/mol. The number of hydrogen-bond acceptors (Lipinski definition) is 3. The molecule has 3 rings (SSSR count). The van der Waals surface area contributed by atoms with Gasteiger partial charge >= 0.3 is 0 Å². The molecule has 3 nitrogen and oxygen atoms in total. The number of nitriles is 2. The number of aryl methyl sites for hydroxylation is 2. The molecule has 0 atom stereocenters. The van der Waals surface area contributed by atoms with Crippen molar-refractivity contribution in [1.82, 2.24) is 0 Å². The van der Waals surface area contributed by atoms with Crippen LogP contribution >= 0.6 is 0 Å². The highest BCUT2D eigenvalue weighted by atomic mass is 16.1. The summed E-state index contributed by atoms with van der Waals surface area (Å²) in [7, 11) is 0. The molecule has 0 spiro atoms. The Bertz CT molecular complexity index is 683. The summed E-state index contributed by atoms with van der Waals surface area (Å²) in [6.45, 7) is 0. The molecule has 0 amide bonds. The number of nitrogens with zero attached hydrogens (tertiary/aromatic N) is 2. The van der Waals surface area contributed by atoms with Crippen LogP contribution in [-0.2, 0) is 12.8 Å². The molecule has 2 aliphatic rings. The molecule has 0 fully saturated rings. The van der Waals surface area contributed by atoms with Crippen LogP contribution in [0.1, 0.15) is 46.3 Å². The molecule has 3 heteroatoms. The van der Waals surface area contributed by atoms with Gasteiger partial charge in [-0.2, -0.15) is 10.5 Å². The first kappa shape index (κ1) is 11.7. The van der Waals surface area contributed by atoms with E-state index < -0.39 is 0 Å². The lowest BCUT2D eigenvalue weighted by Gasteiger charge is -2.17. The van der Waals surface area contributed by atoms with Crippen LogP contribution in [-0.4, -0.2) is 5.78 Å². The molecule has 0 radical (unpaired) electrons. The van der Waals surface area contributed by atoms with E-state index >= 15 is 0 Å². The zero-order valence-corrected chi connectivity index (χ0v) is 10.5. The van der Waals surface area contributed by atoms with Crippen molar-refractivity contribution in [3.05, 3.63) is 40.0 Å². The third-order valence-corrected chi connectivity index (χ3v) is 3.97. The van der Waals surface area contributed by atoms with Gasteiger partial charge in [-0.25, -0.2) is 0 Å². The molecule has 0 heterocycles. The fourth-order valence-electron chi connectivity index (χ4n) is 3.00. The second-order valence-corrected chi connectivity index (χ2v) is 5.05. The monoisotopic (exact) mass is 248 g/mol. The minimum atomic E-state index is 0.0290. The van der Waals surface area contributed by atoms with Crippen LogP contribution in [0.25, 0.3) is 5.57 Å². The molecule has 19 heavy (non-hydrogen) atoms. The van der Waals surface area contributed by atoms with Gasteiger partial charge in [0.2, 0.25) is 0 Å². The van der Waals surface area contributed by atoms with Crippen molar-refractivity contribution in [2.24, 2.45) is 0 Å². The Morgan fingerprint density at radius 1 is 1.00 bits per heavy atom. The Morgan fingerprint density at radius 2 is 1.58 bits per heavy atom. The molecule has 92 valence electrons. The summed E-state index contributed by atoms with van der Waals surface area (Å²) in [5.74, 6) is 0.0290. The molecule has 1 aromatic carbocycles. The lowest BCUT2D eigenvalue weighted by Crippen LogP contribution is -2.05. The minimum absolute atomic E-state index is 0.0290. The van der Waals surface area contributed by atoms with Crippen LogP contribution in [0.15, 0.2) is 17.7 Å². The molecule has 0 saturated heterocycles. The number of fused-ring (bicyclic) bond motifs is 2. The first-order valence-electron chi connectivity index (χ1n) is 6.47. The van der Waals surface area contributed by atoms with Gasteiger partial charge in [-0.15, -0.1) is 0 Å². The largest absolute Gasteiger partial charge is 0.294 e. The van der Waals surface area contributed by atoms with Crippen molar-refractivity contribution in [2.75, 3.05) is 0 Å². The van der Waals surface area contributed by atoms with Crippen LogP contribution in [0.4, 0.5) is 0 Å². The summed E-state index contributed by atoms with van der Waals surface area (Å²) in [4.78, 5) is 12.0. The zero-order chi connectivity index (χ0) is 13.4. The fraction of sp³-hybridized carbons (Fsp3) is 0.312. The molecule has 0 aliphatic heterocycles. The second kappa shape index (κ2) is 4.37. The fourth-order valence-corrected chi connectivity index (χ4v) is 3.00. The molecule has 2 aliphatic carbocycles. The lowest BCUT2D eigenvalue weighted by molar-refractivity contribution is 0.100. The van der Waals surface area contributed by atoms with Crippen molar-refractivity contribution >= 4 is 11.4 Å². The SMILES string of the molecule is N#CC(C#N)=C1CC(=O)c2cc3c(cc21)CCCC3. The van der Waals surface area contributed by atoms with E-state index in [0.717, 1.165) is 18.4 Å². The Hall–Kier alpha value is -2.39. The van der Waals surface area contributed by atoms with Gasteiger partial charge in [0.05, 0.1) is 0 Å². The quantitative estimate of drug-likeness (QED) is 0.663. The highest BCUT2D eigenvalue weighted by Crippen LogP contribution is 2.37. The summed E-state index contributed by atoms with van der Waals surface area (Å²) >= 11 is 0. The average Bonchev–Trinajstić information content (AvgIpc) is 2.75. The third-order valence-electron chi connectivity index (χ3n) is 3.97. The number of Topliss-reactive ketones (excluding diaryl/α,β-unsaturated/α-hetero) is 1. The summed E-state index contributed by atoms with van der Waals surface area (Å²) in [5.41, 5.74) is 4.71. The Balaban J connectivity index is 2.24. The van der Waals surface area contributed by atoms with E-state index in [1.54, 1.807) is 0 Å². The van der Waals surface area contributed by atoms with E-state index in [1.165, 1.54) is 24.0 Å². The van der Waals surface area contributed by atoms with Crippen molar-refractivity contribution in [3.8, 4) is 12.1 Å². The van der Waals surface area contributed by atoms with Gasteiger partial charge in [-0.3, -0.25) is 4.79 Å². The number of carbonyl (C=O) groups is 1. The second-order valence-electron chi connectivity index (χ2n) is 5.05. The van der Waals surface area contributed by atoms with Crippen LogP contribution in [0.3, 0.4) is 0 Å². The maximum absolute atomic E-state index is 12.0. The van der Waals surface area contributed by atoms with Crippen molar-refractivity contribution in [2.45, 2.75) is 32.1 Å². The van der Waals surface area contributed by atoms with Crippen molar-refractivity contribution in [3.63, 3.8) is 0 Å². The van der Waals surface area contributed by atoms with E-state index in [0.29, 0.717) is 11.1 Å². The van der Waals surface area contributed by atoms with Gasteiger partial charge in [-0.1, -0.05) is 6.07 Å². The number of hydrogen-bond donors (Lipinski definition) is 0. The number of carbonyl (C=O) groups excluding carboxylic acids is 1. The van der Waals surface area contributed by atoms with Gasteiger partial charge < -0.3 is 0 Å². The number of allylic oxidation sites excluding steroid dienone is 2. The summed E-state index contributed by atoms with van der Waals surface area (Å²) in [6, 6.07) is 7.81. The van der Waals surface area contributed by atoms with Crippen molar-refractivity contribution in [1.29, 1.82) is 10.5 Å². The number of ketones is 1. The average molecular weight is 248 g/mol. The summed E-state index contributed by atoms with van der Waals surface area (Å²) < 4.78 is 0. The topological polar surface area (TPSA) is 64.7 Å². The molecule has 0 N–H and O–H groups in total. The number of benzene rings is 1. The smallest absolute Gasteiger partial charge is 0.167 e. The normalized spacial score (nSPS) is 16.3. The molecular formula is C16H12N2O. The third kappa shape index (κ3) is 1.75. The highest BCUT2D eigenvalue weighted by molar-refractivity contribution is 6.13. The molecule has 0 bridgehead atoms. The predicted molar refractivity (Wildman–Crippen MR) is 70.2 cm³/mol. The first-order chi connectivity index (χ1) is 9.24. The molecule has 0 unspecified atom stereocenters. The van der Waals surface area contributed by atoms with Crippen molar-refractivity contribution < 1.29 is 4.79 Å². The standard InChI is InChI=1S/C16H12N2O/c17-8-12(9-18)13-7-16(19)15-6-11-4-2-1-3-10(11)5-14(13)15/h5-6H,1-4,7H2. The van der Waals surface area contributed by atoms with Crippen LogP contribution in [0, 0.1) is 22.7 Å². The van der Waals surface area contributed by atoms with E-state index in [9.17, 15) is 4.79 Å². The highest BCUT2D eigenvalue weighted by Gasteiger charge is 2.28. The first-order valence-corrected chi connectivity index (χ1v) is 6.47. The van der Waals surface area contributed by atoms with Gasteiger partial charge in [0.25, 0.3) is 0 Å². The zero-order valence-electron chi connectivity index (χ0n) is 10.5. The molecule has 0 saturated carbocycles. The maximum atomic E-state index is 12.0. The Kier molecular flexibility index (Phi) is 2.69. The van der Waals surface area contributed by atoms with E-state index in [1.807, 2.05) is 24.3 Å². The van der Waals surface area contributed by atoms with E-state index in [-0.39, 0.29) is 17.8 Å². The predicted octanol–water partition coefficient (Wildman–Crippen LogP) is 2.95. The summed E-state index contributed by atoms with van der Waals surface area (Å²) in [6.07, 6.45) is 4.58. The maximum Gasteiger partial charge on any atom is 0.167 e. The Morgan fingerprint density at radius 3 is 2.16 bits per heavy atom. The minimum Gasteiger partial charge on any atom is -0.294 e. The summed E-state index contributed by atoms with van der Waals surface area (Å²) in [5, 5.41) is 18.0. The Labute approximate surface area is 111 Å². The number of rotatable bonds is 0. The van der Waals surface area contributed by atoms with Gasteiger partial charge in [0.1, 0.15) is 17.7 Å². The molecule has 1 aromatic rings. The van der Waals surface area contributed by atoms with Gasteiger partial charge in [0.15, 0.2) is 5.78 Å². The molecule has 0 aromatic heterocycles. The van der Waals surface area contributed by atoms with E-state index in [2.05, 4.69) is 0 Å². The van der Waals surface area contributed by atoms with Gasteiger partial charge in [0, 0.05) is 12.0 Å².